The molecule has 0 aliphatic carbocycles. The Labute approximate surface area is 261 Å². The third kappa shape index (κ3) is 5.41. The van der Waals surface area contributed by atoms with Crippen LogP contribution in [0.15, 0.2) is 132 Å². The minimum Gasteiger partial charge on any atom is -0.507 e. The van der Waals surface area contributed by atoms with Gasteiger partial charge in [-0.2, -0.15) is 0 Å². The van der Waals surface area contributed by atoms with Gasteiger partial charge in [0.2, 0.25) is 0 Å². The first-order valence-electron chi connectivity index (χ1n) is 14.8. The second-order valence-corrected chi connectivity index (χ2v) is 13.1. The van der Waals surface area contributed by atoms with Crippen LogP contribution in [-0.2, 0) is 5.41 Å². The summed E-state index contributed by atoms with van der Waals surface area (Å²) >= 11 is 1.68. The molecule has 0 saturated carbocycles. The average molecular weight is 589 g/mol. The van der Waals surface area contributed by atoms with Crippen LogP contribution in [0.25, 0.3) is 53.8 Å². The molecule has 4 heteroatoms. The predicted molar refractivity (Wildman–Crippen MR) is 187 cm³/mol. The van der Waals surface area contributed by atoms with E-state index in [9.17, 15) is 5.11 Å². The predicted octanol–water partition coefficient (Wildman–Crippen LogP) is 11.2. The maximum Gasteiger partial charge on any atom is 0.126 e. The maximum absolute atomic E-state index is 10.6. The zero-order chi connectivity index (χ0) is 30.3. The van der Waals surface area contributed by atoms with E-state index in [-0.39, 0.29) is 11.2 Å². The number of benzene rings is 6. The Kier molecular flexibility index (Phi) is 7.07. The SMILES string of the molecule is CC(C)(C)c1ccc(O)c(C=Nc2ccccc2-c2nc3c(-c4ccccc4)cc(-c4ccc5ccccc5c4)cc3s2)c1. The highest BCUT2D eigenvalue weighted by atomic mass is 32.1. The second kappa shape index (κ2) is 11.2. The number of nitrogens with zero attached hydrogens (tertiary/aromatic N) is 2. The molecule has 0 unspecified atom stereocenters. The first kappa shape index (κ1) is 27.8. The minimum absolute atomic E-state index is 0.0304. The summed E-state index contributed by atoms with van der Waals surface area (Å²) in [5, 5.41) is 13.9. The molecule has 0 saturated heterocycles. The van der Waals surface area contributed by atoms with Crippen LogP contribution in [0.4, 0.5) is 5.69 Å². The van der Waals surface area contributed by atoms with Crippen LogP contribution in [0.1, 0.15) is 31.9 Å². The van der Waals surface area contributed by atoms with E-state index in [1.165, 1.54) is 16.3 Å². The number of para-hydroxylation sites is 1. The number of aliphatic imine (C=N–C) groups is 1. The van der Waals surface area contributed by atoms with Crippen LogP contribution in [0.5, 0.6) is 5.75 Å². The summed E-state index contributed by atoms with van der Waals surface area (Å²) in [7, 11) is 0. The summed E-state index contributed by atoms with van der Waals surface area (Å²) in [5.41, 5.74) is 9.15. The van der Waals surface area contributed by atoms with Crippen molar-refractivity contribution in [3.8, 4) is 38.6 Å². The van der Waals surface area contributed by atoms with Crippen molar-refractivity contribution in [3.63, 3.8) is 0 Å². The smallest absolute Gasteiger partial charge is 0.126 e. The van der Waals surface area contributed by atoms with Crippen molar-refractivity contribution in [2.45, 2.75) is 26.2 Å². The number of hydrogen-bond acceptors (Lipinski definition) is 4. The largest absolute Gasteiger partial charge is 0.507 e. The quantitative estimate of drug-likeness (QED) is 0.203. The van der Waals surface area contributed by atoms with Gasteiger partial charge in [0, 0.05) is 22.9 Å². The Morgan fingerprint density at radius 2 is 1.41 bits per heavy atom. The van der Waals surface area contributed by atoms with E-state index in [2.05, 4.69) is 106 Å². The van der Waals surface area contributed by atoms with Gasteiger partial charge in [-0.05, 0) is 80.9 Å². The highest BCUT2D eigenvalue weighted by Gasteiger charge is 2.17. The first-order valence-corrected chi connectivity index (χ1v) is 15.6. The van der Waals surface area contributed by atoms with Crippen molar-refractivity contribution in [2.75, 3.05) is 0 Å². The van der Waals surface area contributed by atoms with Gasteiger partial charge in [0.1, 0.15) is 10.8 Å². The molecule has 214 valence electrons. The van der Waals surface area contributed by atoms with Crippen LogP contribution in [0, 0.1) is 0 Å². The molecule has 1 heterocycles. The lowest BCUT2D eigenvalue weighted by molar-refractivity contribution is 0.473. The molecular formula is C40H32N2OS. The van der Waals surface area contributed by atoms with Crippen LogP contribution in [0.2, 0.25) is 0 Å². The average Bonchev–Trinajstić information content (AvgIpc) is 3.48. The molecule has 0 spiro atoms. The van der Waals surface area contributed by atoms with E-state index in [1.54, 1.807) is 23.6 Å². The molecular weight excluding hydrogens is 557 g/mol. The molecule has 6 aromatic carbocycles. The van der Waals surface area contributed by atoms with Crippen molar-refractivity contribution in [1.29, 1.82) is 0 Å². The van der Waals surface area contributed by atoms with Gasteiger partial charge < -0.3 is 5.11 Å². The minimum atomic E-state index is -0.0304. The third-order valence-corrected chi connectivity index (χ3v) is 9.07. The topological polar surface area (TPSA) is 45.5 Å². The molecule has 0 amide bonds. The van der Waals surface area contributed by atoms with E-state index in [1.807, 2.05) is 36.4 Å². The van der Waals surface area contributed by atoms with E-state index in [0.717, 1.165) is 48.7 Å². The fraction of sp³-hybridized carbons (Fsp3) is 0.100. The van der Waals surface area contributed by atoms with Crippen molar-refractivity contribution in [3.05, 3.63) is 139 Å². The van der Waals surface area contributed by atoms with Crippen molar-refractivity contribution in [1.82, 2.24) is 4.98 Å². The molecule has 7 rings (SSSR count). The van der Waals surface area contributed by atoms with Crippen molar-refractivity contribution >= 4 is 44.2 Å². The van der Waals surface area contributed by atoms with Gasteiger partial charge in [-0.15, -0.1) is 11.3 Å². The highest BCUT2D eigenvalue weighted by Crippen LogP contribution is 2.42. The van der Waals surface area contributed by atoms with E-state index >= 15 is 0 Å². The Morgan fingerprint density at radius 1 is 0.659 bits per heavy atom. The summed E-state index contributed by atoms with van der Waals surface area (Å²) in [6.07, 6.45) is 1.75. The molecule has 1 N–H and O–H groups in total. The van der Waals surface area contributed by atoms with Gasteiger partial charge in [-0.3, -0.25) is 4.99 Å². The van der Waals surface area contributed by atoms with Gasteiger partial charge in [0.15, 0.2) is 0 Å². The summed E-state index contributed by atoms with van der Waals surface area (Å²) in [6, 6.07) is 44.0. The zero-order valence-corrected chi connectivity index (χ0v) is 25.8. The Bertz CT molecular complexity index is 2170. The number of fused-ring (bicyclic) bond motifs is 2. The number of aromatic hydroxyl groups is 1. The number of phenols is 1. The molecule has 0 atom stereocenters. The van der Waals surface area contributed by atoms with E-state index < -0.39 is 0 Å². The molecule has 0 aliphatic rings. The van der Waals surface area contributed by atoms with Gasteiger partial charge >= 0.3 is 0 Å². The number of rotatable bonds is 5. The standard InChI is InChI=1S/C40H32N2OS/c1-40(2,3)32-19-20-36(43)31(22-32)25-41-35-16-10-9-15-33(35)39-42-38-34(27-12-5-4-6-13-27)23-30(24-37(38)44-39)29-18-17-26-11-7-8-14-28(26)21-29/h4-25,43H,1-3H3. The third-order valence-electron chi connectivity index (χ3n) is 8.03. The highest BCUT2D eigenvalue weighted by molar-refractivity contribution is 7.21. The van der Waals surface area contributed by atoms with Gasteiger partial charge in [-0.1, -0.05) is 106 Å². The first-order chi connectivity index (χ1) is 21.3. The van der Waals surface area contributed by atoms with E-state index in [4.69, 9.17) is 9.98 Å². The molecule has 0 fully saturated rings. The number of phenolic OH excluding ortho intramolecular Hbond substituents is 1. The van der Waals surface area contributed by atoms with Gasteiger partial charge in [0.25, 0.3) is 0 Å². The summed E-state index contributed by atoms with van der Waals surface area (Å²) in [4.78, 5) is 10.1. The van der Waals surface area contributed by atoms with Crippen molar-refractivity contribution < 1.29 is 5.11 Å². The lowest BCUT2D eigenvalue weighted by Crippen LogP contribution is -2.11. The number of hydrogen-bond donors (Lipinski definition) is 1. The van der Waals surface area contributed by atoms with Gasteiger partial charge in [-0.25, -0.2) is 4.98 Å². The molecule has 0 aliphatic heterocycles. The normalized spacial score (nSPS) is 12.0. The monoisotopic (exact) mass is 588 g/mol. The Hall–Kier alpha value is -5.06. The summed E-state index contributed by atoms with van der Waals surface area (Å²) < 4.78 is 1.12. The lowest BCUT2D eigenvalue weighted by atomic mass is 9.86. The molecule has 0 radical (unpaired) electrons. The fourth-order valence-corrected chi connectivity index (χ4v) is 6.61. The van der Waals surface area contributed by atoms with Crippen LogP contribution >= 0.6 is 11.3 Å². The Balaban J connectivity index is 1.35. The fourth-order valence-electron chi connectivity index (χ4n) is 5.55. The van der Waals surface area contributed by atoms with Crippen LogP contribution in [-0.4, -0.2) is 16.3 Å². The molecule has 1 aromatic heterocycles. The summed E-state index contributed by atoms with van der Waals surface area (Å²) in [5.74, 6) is 0.216. The molecule has 0 bridgehead atoms. The number of aromatic nitrogens is 1. The molecule has 7 aromatic rings. The van der Waals surface area contributed by atoms with Crippen LogP contribution < -0.4 is 0 Å². The van der Waals surface area contributed by atoms with Gasteiger partial charge in [0.05, 0.1) is 15.9 Å². The molecule has 3 nitrogen and oxygen atoms in total. The van der Waals surface area contributed by atoms with Crippen LogP contribution in [0.3, 0.4) is 0 Å². The zero-order valence-electron chi connectivity index (χ0n) is 25.0. The van der Waals surface area contributed by atoms with E-state index in [0.29, 0.717) is 5.56 Å². The second-order valence-electron chi connectivity index (χ2n) is 12.1. The lowest BCUT2D eigenvalue weighted by Gasteiger charge is -2.19. The van der Waals surface area contributed by atoms with Crippen molar-refractivity contribution in [2.24, 2.45) is 4.99 Å². The summed E-state index contributed by atoms with van der Waals surface area (Å²) in [6.45, 7) is 6.49. The maximum atomic E-state index is 10.6. The number of thiazole rings is 1. The molecule has 44 heavy (non-hydrogen) atoms. The Morgan fingerprint density at radius 3 is 2.23 bits per heavy atom.